The van der Waals surface area contributed by atoms with Crippen LogP contribution in [0.1, 0.15) is 33.7 Å². The molecule has 1 unspecified atom stereocenters. The number of hydrogen-bond donors (Lipinski definition) is 1. The standard InChI is InChI=1S/C34H29ClN2O6/c1-20-4-6-22(7-5-20)18-41-29-13-8-23(15-31(29)39-3)33-26-11-9-25(16-30(26)43-34(37)27(33)17-36)42-32(38)19-40-24-10-12-28(35)21(2)14-24/h4-16,33H,18-19,37H2,1-3H3. The zero-order chi connectivity index (χ0) is 30.5. The molecule has 0 spiro atoms. The summed E-state index contributed by atoms with van der Waals surface area (Å²) in [4.78, 5) is 12.5. The van der Waals surface area contributed by atoms with Gasteiger partial charge in [0, 0.05) is 16.7 Å². The Labute approximate surface area is 254 Å². The molecule has 1 atom stereocenters. The molecule has 8 nitrogen and oxygen atoms in total. The Kier molecular flexibility index (Phi) is 8.74. The van der Waals surface area contributed by atoms with Crippen LogP contribution < -0.4 is 29.4 Å². The molecule has 1 aliphatic rings. The molecule has 0 radical (unpaired) electrons. The van der Waals surface area contributed by atoms with Crippen LogP contribution in [0.4, 0.5) is 0 Å². The van der Waals surface area contributed by atoms with Gasteiger partial charge in [0.15, 0.2) is 18.1 Å². The maximum absolute atomic E-state index is 12.5. The highest BCUT2D eigenvalue weighted by atomic mass is 35.5. The molecular formula is C34H29ClN2O6. The van der Waals surface area contributed by atoms with E-state index >= 15 is 0 Å². The maximum Gasteiger partial charge on any atom is 0.349 e. The molecule has 4 aromatic carbocycles. The SMILES string of the molecule is COc1cc(C2C(C#N)=C(N)Oc3cc(OC(=O)COc4ccc(Cl)c(C)c4)ccc32)ccc1OCc1ccc(C)cc1. The highest BCUT2D eigenvalue weighted by Gasteiger charge is 2.32. The molecule has 1 heterocycles. The first kappa shape index (κ1) is 29.4. The van der Waals surface area contributed by atoms with Crippen LogP contribution in [0.2, 0.25) is 5.02 Å². The monoisotopic (exact) mass is 596 g/mol. The van der Waals surface area contributed by atoms with Gasteiger partial charge >= 0.3 is 5.97 Å². The second-order valence-corrected chi connectivity index (χ2v) is 10.4. The lowest BCUT2D eigenvalue weighted by molar-refractivity contribution is -0.136. The van der Waals surface area contributed by atoms with Gasteiger partial charge in [0.1, 0.15) is 35.5 Å². The van der Waals surface area contributed by atoms with Crippen molar-refractivity contribution in [1.82, 2.24) is 0 Å². The van der Waals surface area contributed by atoms with Crippen LogP contribution in [0.25, 0.3) is 0 Å². The third-order valence-corrected chi connectivity index (χ3v) is 7.37. The number of esters is 1. The number of ether oxygens (including phenoxy) is 5. The number of carbonyl (C=O) groups excluding carboxylic acids is 1. The summed E-state index contributed by atoms with van der Waals surface area (Å²) in [5.74, 6) is 0.983. The summed E-state index contributed by atoms with van der Waals surface area (Å²) in [6.07, 6.45) is 0. The van der Waals surface area contributed by atoms with Gasteiger partial charge in [-0.15, -0.1) is 0 Å². The number of carbonyl (C=O) groups is 1. The van der Waals surface area contributed by atoms with Gasteiger partial charge in [0.25, 0.3) is 0 Å². The van der Waals surface area contributed by atoms with Crippen molar-refractivity contribution in [2.24, 2.45) is 5.73 Å². The Morgan fingerprint density at radius 3 is 2.44 bits per heavy atom. The molecule has 0 aliphatic carbocycles. The second kappa shape index (κ2) is 12.8. The van der Waals surface area contributed by atoms with Crippen LogP contribution in [-0.4, -0.2) is 19.7 Å². The lowest BCUT2D eigenvalue weighted by Crippen LogP contribution is -2.22. The zero-order valence-corrected chi connectivity index (χ0v) is 24.6. The average molecular weight is 597 g/mol. The van der Waals surface area contributed by atoms with E-state index in [1.165, 1.54) is 5.56 Å². The normalized spacial score (nSPS) is 13.8. The highest BCUT2D eigenvalue weighted by molar-refractivity contribution is 6.31. The number of hydrogen-bond acceptors (Lipinski definition) is 8. The first-order valence-electron chi connectivity index (χ1n) is 13.4. The molecule has 0 bridgehead atoms. The van der Waals surface area contributed by atoms with Gasteiger partial charge in [-0.1, -0.05) is 53.6 Å². The molecule has 0 fully saturated rings. The zero-order valence-electron chi connectivity index (χ0n) is 23.8. The minimum Gasteiger partial charge on any atom is -0.493 e. The van der Waals surface area contributed by atoms with Gasteiger partial charge in [0.05, 0.1) is 13.0 Å². The van der Waals surface area contributed by atoms with E-state index in [1.54, 1.807) is 49.6 Å². The summed E-state index contributed by atoms with van der Waals surface area (Å²) >= 11 is 6.05. The minimum absolute atomic E-state index is 0.0383. The van der Waals surface area contributed by atoms with Crippen molar-refractivity contribution in [2.75, 3.05) is 13.7 Å². The summed E-state index contributed by atoms with van der Waals surface area (Å²) in [7, 11) is 1.56. The van der Waals surface area contributed by atoms with E-state index in [9.17, 15) is 10.1 Å². The van der Waals surface area contributed by atoms with Crippen molar-refractivity contribution >= 4 is 17.6 Å². The number of nitrogens with two attached hydrogens (primary N) is 1. The van der Waals surface area contributed by atoms with Gasteiger partial charge in [-0.05, 0) is 66.9 Å². The lowest BCUT2D eigenvalue weighted by atomic mass is 9.83. The number of rotatable bonds is 9. The Balaban J connectivity index is 1.34. The Hall–Kier alpha value is -5.13. The number of aryl methyl sites for hydroxylation is 2. The van der Waals surface area contributed by atoms with Crippen LogP contribution >= 0.6 is 11.6 Å². The first-order valence-corrected chi connectivity index (χ1v) is 13.8. The third kappa shape index (κ3) is 6.69. The number of benzene rings is 4. The van der Waals surface area contributed by atoms with Crippen LogP contribution in [-0.2, 0) is 11.4 Å². The predicted molar refractivity (Wildman–Crippen MR) is 162 cm³/mol. The molecule has 0 saturated heterocycles. The fourth-order valence-electron chi connectivity index (χ4n) is 4.68. The summed E-state index contributed by atoms with van der Waals surface area (Å²) < 4.78 is 28.5. The van der Waals surface area contributed by atoms with E-state index < -0.39 is 11.9 Å². The largest absolute Gasteiger partial charge is 0.493 e. The molecule has 0 saturated carbocycles. The van der Waals surface area contributed by atoms with E-state index in [4.69, 9.17) is 41.0 Å². The molecule has 43 heavy (non-hydrogen) atoms. The first-order chi connectivity index (χ1) is 20.7. The van der Waals surface area contributed by atoms with Crippen molar-refractivity contribution in [1.29, 1.82) is 5.26 Å². The van der Waals surface area contributed by atoms with Gasteiger partial charge < -0.3 is 29.4 Å². The van der Waals surface area contributed by atoms with Gasteiger partial charge in [-0.2, -0.15) is 5.26 Å². The molecule has 2 N–H and O–H groups in total. The van der Waals surface area contributed by atoms with E-state index in [2.05, 4.69) is 6.07 Å². The summed E-state index contributed by atoms with van der Waals surface area (Å²) in [5, 5.41) is 10.6. The van der Waals surface area contributed by atoms with Crippen LogP contribution in [0.5, 0.6) is 28.7 Å². The van der Waals surface area contributed by atoms with Crippen molar-refractivity contribution in [2.45, 2.75) is 26.4 Å². The Bertz CT molecular complexity index is 1740. The van der Waals surface area contributed by atoms with Gasteiger partial charge in [-0.25, -0.2) is 4.79 Å². The quantitative estimate of drug-likeness (QED) is 0.167. The average Bonchev–Trinajstić information content (AvgIpc) is 3.00. The fourth-order valence-corrected chi connectivity index (χ4v) is 4.80. The van der Waals surface area contributed by atoms with Crippen LogP contribution in [0.15, 0.2) is 90.3 Å². The molecular weight excluding hydrogens is 568 g/mol. The van der Waals surface area contributed by atoms with Crippen molar-refractivity contribution < 1.29 is 28.5 Å². The van der Waals surface area contributed by atoms with Crippen molar-refractivity contribution in [3.63, 3.8) is 0 Å². The molecule has 9 heteroatoms. The molecule has 5 rings (SSSR count). The van der Waals surface area contributed by atoms with E-state index in [1.807, 2.05) is 50.2 Å². The summed E-state index contributed by atoms with van der Waals surface area (Å²) in [6.45, 7) is 3.94. The maximum atomic E-state index is 12.5. The van der Waals surface area contributed by atoms with Crippen molar-refractivity contribution in [3.05, 3.63) is 123 Å². The molecule has 0 aromatic heterocycles. The predicted octanol–water partition coefficient (Wildman–Crippen LogP) is 6.75. The van der Waals surface area contributed by atoms with Crippen molar-refractivity contribution in [3.8, 4) is 34.8 Å². The van der Waals surface area contributed by atoms with E-state index in [0.717, 1.165) is 16.7 Å². The van der Waals surface area contributed by atoms with Gasteiger partial charge in [0.2, 0.25) is 5.88 Å². The van der Waals surface area contributed by atoms with Gasteiger partial charge in [-0.3, -0.25) is 0 Å². The number of methoxy groups -OCH3 is 1. The molecule has 0 amide bonds. The summed E-state index contributed by atoms with van der Waals surface area (Å²) in [6, 6.07) is 25.8. The van der Waals surface area contributed by atoms with Crippen LogP contribution in [0.3, 0.4) is 0 Å². The number of halogens is 1. The Morgan fingerprint density at radius 1 is 0.953 bits per heavy atom. The minimum atomic E-state index is -0.605. The second-order valence-electron chi connectivity index (χ2n) is 9.98. The van der Waals surface area contributed by atoms with E-state index in [0.29, 0.717) is 40.2 Å². The van der Waals surface area contributed by atoms with E-state index in [-0.39, 0.29) is 23.8 Å². The fraction of sp³-hybridized carbons (Fsp3) is 0.176. The number of nitriles is 1. The smallest absolute Gasteiger partial charge is 0.349 e. The lowest BCUT2D eigenvalue weighted by Gasteiger charge is -2.27. The summed E-state index contributed by atoms with van der Waals surface area (Å²) in [5.41, 5.74) is 10.9. The number of allylic oxidation sites excluding steroid dienone is 1. The van der Waals surface area contributed by atoms with Crippen LogP contribution in [0, 0.1) is 25.2 Å². The number of fused-ring (bicyclic) bond motifs is 1. The topological polar surface area (TPSA) is 113 Å². The molecule has 218 valence electrons. The number of nitrogens with zero attached hydrogens (tertiary/aromatic N) is 1. The highest BCUT2D eigenvalue weighted by Crippen LogP contribution is 2.45. The molecule has 1 aliphatic heterocycles. The Morgan fingerprint density at radius 2 is 1.72 bits per heavy atom. The molecule has 4 aromatic rings. The third-order valence-electron chi connectivity index (χ3n) is 6.94.